The molecule has 106 valence electrons. The lowest BCUT2D eigenvalue weighted by molar-refractivity contribution is -0.115. The van der Waals surface area contributed by atoms with Crippen LogP contribution in [0.2, 0.25) is 0 Å². The number of aliphatic imine (C=N–C) groups is 1. The van der Waals surface area contributed by atoms with Crippen molar-refractivity contribution in [3.63, 3.8) is 0 Å². The van der Waals surface area contributed by atoms with Gasteiger partial charge in [0.15, 0.2) is 5.17 Å². The molecule has 0 atom stereocenters. The predicted molar refractivity (Wildman–Crippen MR) is 88.1 cm³/mol. The maximum atomic E-state index is 11.9. The fourth-order valence-corrected chi connectivity index (χ4v) is 3.22. The first-order valence-electron chi connectivity index (χ1n) is 6.20. The standard InChI is InChI=1S/C15H12N2O2S2/c1-19-12-4-2-11(3-5-12)16-15-17-14(18)13(21-15)8-10-6-7-20-9-10/h2-9H,1H3,(H,16,17,18)/b13-8+. The lowest BCUT2D eigenvalue weighted by Gasteiger charge is -1.99. The second-order valence-electron chi connectivity index (χ2n) is 4.24. The number of benzene rings is 1. The van der Waals surface area contributed by atoms with Gasteiger partial charge in [0.05, 0.1) is 17.7 Å². The number of rotatable bonds is 3. The van der Waals surface area contributed by atoms with Gasteiger partial charge in [-0.1, -0.05) is 0 Å². The summed E-state index contributed by atoms with van der Waals surface area (Å²) in [5.74, 6) is 0.665. The minimum atomic E-state index is -0.113. The van der Waals surface area contributed by atoms with Crippen molar-refractivity contribution < 1.29 is 9.53 Å². The van der Waals surface area contributed by atoms with Crippen molar-refractivity contribution >= 4 is 45.9 Å². The predicted octanol–water partition coefficient (Wildman–Crippen LogP) is 3.65. The number of thioether (sulfide) groups is 1. The number of ether oxygens (including phenoxy) is 1. The summed E-state index contributed by atoms with van der Waals surface area (Å²) in [7, 11) is 1.62. The maximum absolute atomic E-state index is 11.9. The summed E-state index contributed by atoms with van der Waals surface area (Å²) in [5, 5.41) is 7.34. The SMILES string of the molecule is COc1ccc(N=C2NC(=O)/C(=C\c3ccsc3)S2)cc1. The largest absolute Gasteiger partial charge is 0.497 e. The van der Waals surface area contributed by atoms with E-state index in [1.165, 1.54) is 11.8 Å². The molecule has 0 radical (unpaired) electrons. The average molecular weight is 316 g/mol. The maximum Gasteiger partial charge on any atom is 0.264 e. The smallest absolute Gasteiger partial charge is 0.264 e. The quantitative estimate of drug-likeness (QED) is 0.879. The van der Waals surface area contributed by atoms with Gasteiger partial charge < -0.3 is 10.1 Å². The Kier molecular flexibility index (Phi) is 4.08. The lowest BCUT2D eigenvalue weighted by atomic mass is 10.3. The van der Waals surface area contributed by atoms with Crippen LogP contribution in [0.4, 0.5) is 5.69 Å². The molecule has 0 aliphatic carbocycles. The zero-order valence-corrected chi connectivity index (χ0v) is 12.8. The van der Waals surface area contributed by atoms with E-state index in [4.69, 9.17) is 4.74 Å². The Hall–Kier alpha value is -2.05. The summed E-state index contributed by atoms with van der Waals surface area (Å²) in [4.78, 5) is 17.0. The number of methoxy groups -OCH3 is 1. The van der Waals surface area contributed by atoms with E-state index in [-0.39, 0.29) is 5.91 Å². The Balaban J connectivity index is 1.78. The highest BCUT2D eigenvalue weighted by molar-refractivity contribution is 8.18. The zero-order valence-electron chi connectivity index (χ0n) is 11.2. The molecule has 4 nitrogen and oxygen atoms in total. The van der Waals surface area contributed by atoms with Crippen molar-refractivity contribution in [1.29, 1.82) is 0 Å². The van der Waals surface area contributed by atoms with Crippen LogP contribution in [-0.2, 0) is 4.79 Å². The number of carbonyl (C=O) groups excluding carboxylic acids is 1. The summed E-state index contributed by atoms with van der Waals surface area (Å²) in [6.45, 7) is 0. The molecule has 1 fully saturated rings. The second kappa shape index (κ2) is 6.15. The van der Waals surface area contributed by atoms with Gasteiger partial charge >= 0.3 is 0 Å². The van der Waals surface area contributed by atoms with Crippen LogP contribution in [0.3, 0.4) is 0 Å². The van der Waals surface area contributed by atoms with Crippen molar-refractivity contribution in [2.24, 2.45) is 4.99 Å². The van der Waals surface area contributed by atoms with Crippen molar-refractivity contribution in [2.45, 2.75) is 0 Å². The minimum Gasteiger partial charge on any atom is -0.497 e. The van der Waals surface area contributed by atoms with Crippen LogP contribution in [0.1, 0.15) is 5.56 Å². The highest BCUT2D eigenvalue weighted by atomic mass is 32.2. The Bertz CT molecular complexity index is 704. The third-order valence-electron chi connectivity index (χ3n) is 2.79. The van der Waals surface area contributed by atoms with Crippen molar-refractivity contribution in [2.75, 3.05) is 7.11 Å². The Morgan fingerprint density at radius 2 is 2.05 bits per heavy atom. The first-order chi connectivity index (χ1) is 10.2. The van der Waals surface area contributed by atoms with Crippen LogP contribution in [0, 0.1) is 0 Å². The van der Waals surface area contributed by atoms with Gasteiger partial charge in [0, 0.05) is 0 Å². The van der Waals surface area contributed by atoms with Gasteiger partial charge in [0.25, 0.3) is 5.91 Å². The van der Waals surface area contributed by atoms with Crippen LogP contribution in [0.5, 0.6) is 5.75 Å². The van der Waals surface area contributed by atoms with E-state index < -0.39 is 0 Å². The normalized spacial score (nSPS) is 18.2. The van der Waals surface area contributed by atoms with Crippen molar-refractivity contribution in [1.82, 2.24) is 5.32 Å². The number of amidine groups is 1. The van der Waals surface area contributed by atoms with Gasteiger partial charge in [-0.05, 0) is 64.5 Å². The number of hydrogen-bond acceptors (Lipinski definition) is 5. The van der Waals surface area contributed by atoms with Gasteiger partial charge in [-0.25, -0.2) is 4.99 Å². The van der Waals surface area contributed by atoms with Gasteiger partial charge in [0.2, 0.25) is 0 Å². The monoisotopic (exact) mass is 316 g/mol. The second-order valence-corrected chi connectivity index (χ2v) is 6.05. The molecule has 1 saturated heterocycles. The van der Waals surface area contributed by atoms with Gasteiger partial charge in [-0.2, -0.15) is 11.3 Å². The van der Waals surface area contributed by atoms with E-state index in [9.17, 15) is 4.79 Å². The zero-order chi connectivity index (χ0) is 14.7. The van der Waals surface area contributed by atoms with Crippen molar-refractivity contribution in [3.05, 3.63) is 51.6 Å². The molecule has 1 aliphatic rings. The number of amides is 1. The van der Waals surface area contributed by atoms with Crippen LogP contribution < -0.4 is 10.1 Å². The topological polar surface area (TPSA) is 50.7 Å². The highest BCUT2D eigenvalue weighted by Crippen LogP contribution is 2.28. The van der Waals surface area contributed by atoms with E-state index in [0.29, 0.717) is 10.1 Å². The first-order valence-corrected chi connectivity index (χ1v) is 7.96. The molecule has 3 rings (SSSR count). The molecule has 0 bridgehead atoms. The van der Waals surface area contributed by atoms with Crippen molar-refractivity contribution in [3.8, 4) is 5.75 Å². The summed E-state index contributed by atoms with van der Waals surface area (Å²) >= 11 is 2.95. The molecular formula is C15H12N2O2S2. The van der Waals surface area contributed by atoms with E-state index in [0.717, 1.165) is 17.0 Å². The summed E-state index contributed by atoms with van der Waals surface area (Å²) < 4.78 is 5.10. The number of carbonyl (C=O) groups is 1. The average Bonchev–Trinajstić information content (AvgIpc) is 3.11. The van der Waals surface area contributed by atoms with Gasteiger partial charge in [-0.3, -0.25) is 4.79 Å². The molecular weight excluding hydrogens is 304 g/mol. The van der Waals surface area contributed by atoms with Gasteiger partial charge in [0.1, 0.15) is 5.75 Å². The molecule has 2 heterocycles. The van der Waals surface area contributed by atoms with Gasteiger partial charge in [-0.15, -0.1) is 0 Å². The summed E-state index contributed by atoms with van der Waals surface area (Å²) in [5.41, 5.74) is 1.80. The molecule has 0 unspecified atom stereocenters. The molecule has 1 amide bonds. The Labute approximate surface area is 130 Å². The van der Waals surface area contributed by atoms with E-state index >= 15 is 0 Å². The van der Waals surface area contributed by atoms with E-state index in [1.54, 1.807) is 18.4 Å². The molecule has 1 aromatic carbocycles. The lowest BCUT2D eigenvalue weighted by Crippen LogP contribution is -2.19. The number of nitrogens with zero attached hydrogens (tertiary/aromatic N) is 1. The van der Waals surface area contributed by atoms with Crippen LogP contribution in [0.25, 0.3) is 6.08 Å². The molecule has 2 aromatic rings. The molecule has 6 heteroatoms. The molecule has 0 spiro atoms. The third-order valence-corrected chi connectivity index (χ3v) is 4.41. The van der Waals surface area contributed by atoms with Crippen LogP contribution >= 0.6 is 23.1 Å². The summed E-state index contributed by atoms with van der Waals surface area (Å²) in [6, 6.07) is 9.34. The molecule has 0 saturated carbocycles. The third kappa shape index (κ3) is 3.34. The fourth-order valence-electron chi connectivity index (χ4n) is 1.76. The van der Waals surface area contributed by atoms with E-state index in [2.05, 4.69) is 10.3 Å². The highest BCUT2D eigenvalue weighted by Gasteiger charge is 2.23. The number of hydrogen-bond donors (Lipinski definition) is 1. The Morgan fingerprint density at radius 1 is 1.24 bits per heavy atom. The fraction of sp³-hybridized carbons (Fsp3) is 0.0667. The first kappa shape index (κ1) is 13.9. The van der Waals surface area contributed by atoms with E-state index in [1.807, 2.05) is 47.2 Å². The minimum absolute atomic E-state index is 0.113. The number of nitrogens with one attached hydrogen (secondary N) is 1. The molecule has 1 aromatic heterocycles. The van der Waals surface area contributed by atoms with Crippen LogP contribution in [-0.4, -0.2) is 18.2 Å². The summed E-state index contributed by atoms with van der Waals surface area (Å²) in [6.07, 6.45) is 1.87. The molecule has 21 heavy (non-hydrogen) atoms. The van der Waals surface area contributed by atoms with Crippen LogP contribution in [0.15, 0.2) is 51.0 Å². The number of thiophene rings is 1. The molecule has 1 aliphatic heterocycles. The Morgan fingerprint density at radius 3 is 2.71 bits per heavy atom. The molecule has 1 N–H and O–H groups in total.